The molecule has 4 aromatic heterocycles. The molecule has 4 heterocycles. The Hall–Kier alpha value is -4.45. The third kappa shape index (κ3) is 3.23. The zero-order valence-corrected chi connectivity index (χ0v) is 18.5. The molecule has 0 aliphatic heterocycles. The van der Waals surface area contributed by atoms with Gasteiger partial charge in [0, 0.05) is 18.0 Å². The van der Waals surface area contributed by atoms with Gasteiger partial charge in [-0.3, -0.25) is 19.1 Å². The Labute approximate surface area is 192 Å². The van der Waals surface area contributed by atoms with Crippen molar-refractivity contribution in [1.29, 1.82) is 5.26 Å². The Morgan fingerprint density at radius 2 is 1.82 bits per heavy atom. The van der Waals surface area contributed by atoms with Crippen LogP contribution in [-0.4, -0.2) is 24.1 Å². The van der Waals surface area contributed by atoms with Gasteiger partial charge in [-0.2, -0.15) is 19.0 Å². The van der Waals surface area contributed by atoms with E-state index in [2.05, 4.69) is 21.0 Å². The summed E-state index contributed by atoms with van der Waals surface area (Å²) in [5.41, 5.74) is 2.37. The van der Waals surface area contributed by atoms with Gasteiger partial charge in [0.15, 0.2) is 0 Å². The molecule has 7 nitrogen and oxygen atoms in total. The highest BCUT2D eigenvalue weighted by molar-refractivity contribution is 6.04. The molecule has 9 heteroatoms. The Kier molecular flexibility index (Phi) is 4.76. The maximum atomic E-state index is 14.4. The number of aryl methyl sites for hydroxylation is 1. The van der Waals surface area contributed by atoms with Gasteiger partial charge in [0.1, 0.15) is 0 Å². The summed E-state index contributed by atoms with van der Waals surface area (Å²) in [7, 11) is 1.64. The normalized spacial score (nSPS) is 11.8. The fraction of sp³-hybridized carbons (Fsp3) is 0.160. The minimum absolute atomic E-state index is 0.134. The number of nitrogens with zero attached hydrogens (tertiary/aromatic N) is 6. The van der Waals surface area contributed by atoms with Crippen LogP contribution < -0.4 is 5.69 Å². The van der Waals surface area contributed by atoms with E-state index in [1.165, 1.54) is 15.2 Å². The lowest BCUT2D eigenvalue weighted by Gasteiger charge is -2.15. The van der Waals surface area contributed by atoms with Gasteiger partial charge in [0.25, 0.3) is 0 Å². The summed E-state index contributed by atoms with van der Waals surface area (Å²) < 4.78 is 30.7. The van der Waals surface area contributed by atoms with Crippen molar-refractivity contribution in [1.82, 2.24) is 24.1 Å². The number of hydrogen-bond donors (Lipinski definition) is 0. The Morgan fingerprint density at radius 1 is 1.03 bits per heavy atom. The van der Waals surface area contributed by atoms with Crippen LogP contribution in [0.3, 0.4) is 0 Å². The summed E-state index contributed by atoms with van der Waals surface area (Å²) in [5, 5.41) is 10.00. The first-order valence-corrected chi connectivity index (χ1v) is 10.4. The van der Waals surface area contributed by atoms with E-state index in [4.69, 9.17) is 0 Å². The third-order valence-electron chi connectivity index (χ3n) is 5.94. The fourth-order valence-electron chi connectivity index (χ4n) is 3.98. The van der Waals surface area contributed by atoms with Crippen LogP contribution in [0.5, 0.6) is 0 Å². The van der Waals surface area contributed by atoms with Crippen LogP contribution in [-0.2, 0) is 12.5 Å². The second kappa shape index (κ2) is 7.56. The zero-order valence-electron chi connectivity index (χ0n) is 18.5. The first-order chi connectivity index (χ1) is 16.2. The second-order valence-corrected chi connectivity index (χ2v) is 8.51. The summed E-state index contributed by atoms with van der Waals surface area (Å²) in [6, 6.07) is 13.2. The number of rotatable bonds is 3. The number of pyridine rings is 3. The fourth-order valence-corrected chi connectivity index (χ4v) is 3.98. The molecule has 168 valence electrons. The lowest BCUT2D eigenvalue weighted by atomic mass is 9.91. The number of hydrogen-bond acceptors (Lipinski definition) is 5. The number of halogens is 2. The van der Waals surface area contributed by atoms with E-state index in [1.807, 2.05) is 0 Å². The lowest BCUT2D eigenvalue weighted by molar-refractivity contribution is 0.515. The van der Waals surface area contributed by atoms with Gasteiger partial charge in [-0.15, -0.1) is 0 Å². The first-order valence-electron chi connectivity index (χ1n) is 10.4. The summed E-state index contributed by atoms with van der Waals surface area (Å²) in [6.07, 6.45) is 3.16. The van der Waals surface area contributed by atoms with Gasteiger partial charge < -0.3 is 0 Å². The van der Waals surface area contributed by atoms with Crippen molar-refractivity contribution in [3.8, 4) is 22.9 Å². The molecule has 0 amide bonds. The van der Waals surface area contributed by atoms with Gasteiger partial charge in [-0.05, 0) is 55.8 Å². The molecular formula is C25H18F2N6O. The Balaban J connectivity index is 1.79. The highest BCUT2D eigenvalue weighted by Gasteiger charge is 2.22. The average molecular weight is 456 g/mol. The quantitative estimate of drug-likeness (QED) is 0.375. The third-order valence-corrected chi connectivity index (χ3v) is 5.94. The van der Waals surface area contributed by atoms with Crippen molar-refractivity contribution in [2.45, 2.75) is 19.3 Å². The van der Waals surface area contributed by atoms with Crippen molar-refractivity contribution in [2.75, 3.05) is 0 Å². The van der Waals surface area contributed by atoms with E-state index in [0.717, 1.165) is 6.07 Å². The van der Waals surface area contributed by atoms with E-state index in [0.29, 0.717) is 38.9 Å². The number of fused-ring (bicyclic) bond motifs is 3. The van der Waals surface area contributed by atoms with Gasteiger partial charge in [-0.25, -0.2) is 4.79 Å². The molecule has 0 bridgehead atoms. The first kappa shape index (κ1) is 21.4. The molecule has 0 saturated heterocycles. The summed E-state index contributed by atoms with van der Waals surface area (Å²) in [4.78, 5) is 25.4. The number of imidazole rings is 1. The maximum Gasteiger partial charge on any atom is 0.333 e. The van der Waals surface area contributed by atoms with Gasteiger partial charge in [0.05, 0.1) is 51.8 Å². The molecule has 0 aliphatic rings. The molecule has 34 heavy (non-hydrogen) atoms. The molecular weight excluding hydrogens is 438 g/mol. The maximum absolute atomic E-state index is 14.4. The van der Waals surface area contributed by atoms with Crippen LogP contribution in [0.25, 0.3) is 38.8 Å². The zero-order chi connectivity index (χ0) is 24.2. The van der Waals surface area contributed by atoms with Gasteiger partial charge in [0.2, 0.25) is 11.9 Å². The Bertz CT molecular complexity index is 1690. The van der Waals surface area contributed by atoms with Crippen LogP contribution in [0.1, 0.15) is 19.5 Å². The Morgan fingerprint density at radius 3 is 2.50 bits per heavy atom. The van der Waals surface area contributed by atoms with E-state index in [9.17, 15) is 18.8 Å². The molecule has 0 unspecified atom stereocenters. The molecule has 0 N–H and O–H groups in total. The molecule has 0 radical (unpaired) electrons. The average Bonchev–Trinajstić information content (AvgIpc) is 3.09. The summed E-state index contributed by atoms with van der Waals surface area (Å²) in [6.45, 7) is 3.53. The lowest BCUT2D eigenvalue weighted by Crippen LogP contribution is -2.21. The minimum Gasteiger partial charge on any atom is -0.293 e. The molecule has 0 spiro atoms. The predicted octanol–water partition coefficient (Wildman–Crippen LogP) is 4.41. The highest BCUT2D eigenvalue weighted by Crippen LogP contribution is 2.31. The van der Waals surface area contributed by atoms with Crippen LogP contribution in [0.4, 0.5) is 8.78 Å². The molecule has 5 rings (SSSR count). The van der Waals surface area contributed by atoms with Crippen LogP contribution in [0.2, 0.25) is 0 Å². The van der Waals surface area contributed by atoms with Crippen LogP contribution >= 0.6 is 0 Å². The van der Waals surface area contributed by atoms with Crippen molar-refractivity contribution in [3.05, 3.63) is 82.9 Å². The molecule has 0 atom stereocenters. The predicted molar refractivity (Wildman–Crippen MR) is 123 cm³/mol. The van der Waals surface area contributed by atoms with Gasteiger partial charge >= 0.3 is 5.69 Å². The smallest absolute Gasteiger partial charge is 0.293 e. The van der Waals surface area contributed by atoms with E-state index >= 15 is 0 Å². The number of benzene rings is 1. The SMILES string of the molecule is Cn1c(=O)n(-c2ccc(C(C)(C)C#N)nc2)c2c3cc(-c4ccc(F)nc4F)ccc3ncc21. The van der Waals surface area contributed by atoms with Crippen molar-refractivity contribution < 1.29 is 8.78 Å². The van der Waals surface area contributed by atoms with E-state index in [-0.39, 0.29) is 11.3 Å². The molecule has 0 aliphatic carbocycles. The molecule has 0 saturated carbocycles. The summed E-state index contributed by atoms with van der Waals surface area (Å²) in [5.74, 6) is -1.83. The number of aromatic nitrogens is 5. The largest absolute Gasteiger partial charge is 0.333 e. The van der Waals surface area contributed by atoms with Crippen molar-refractivity contribution in [3.63, 3.8) is 0 Å². The highest BCUT2D eigenvalue weighted by atomic mass is 19.1. The van der Waals surface area contributed by atoms with E-state index in [1.54, 1.807) is 63.6 Å². The second-order valence-electron chi connectivity index (χ2n) is 8.51. The molecule has 1 aromatic carbocycles. The van der Waals surface area contributed by atoms with Crippen molar-refractivity contribution >= 4 is 21.9 Å². The standard InChI is InChI=1S/C25H18F2N6O/c1-25(2,13-28)20-8-5-15(11-30-20)33-22-17-10-14(16-6-9-21(26)31-23(16)27)4-7-18(17)29-12-19(22)32(3)24(33)34/h4-12H,1-3H3. The monoisotopic (exact) mass is 456 g/mol. The van der Waals surface area contributed by atoms with E-state index < -0.39 is 17.3 Å². The topological polar surface area (TPSA) is 89.4 Å². The van der Waals surface area contributed by atoms with Crippen LogP contribution in [0.15, 0.2) is 59.7 Å². The van der Waals surface area contributed by atoms with Gasteiger partial charge in [-0.1, -0.05) is 6.07 Å². The van der Waals surface area contributed by atoms with Crippen LogP contribution in [0, 0.1) is 23.2 Å². The molecule has 5 aromatic rings. The minimum atomic E-state index is -0.926. The number of nitriles is 1. The summed E-state index contributed by atoms with van der Waals surface area (Å²) >= 11 is 0. The molecule has 0 fully saturated rings. The van der Waals surface area contributed by atoms with Crippen molar-refractivity contribution in [2.24, 2.45) is 7.05 Å².